The lowest BCUT2D eigenvalue weighted by atomic mass is 10.0. The molecule has 0 saturated heterocycles. The molecule has 0 amide bonds. The number of alkyl halides is 3. The Labute approximate surface area is 206 Å². The topological polar surface area (TPSA) is 28.2 Å². The molecule has 8 heteroatoms. The smallest absolute Gasteiger partial charge is 0.384 e. The first kappa shape index (κ1) is 24.9. The molecular weight excluding hydrogens is 478 g/mol. The summed E-state index contributed by atoms with van der Waals surface area (Å²) in [6.45, 7) is 1.31. The predicted molar refractivity (Wildman–Crippen MR) is 132 cm³/mol. The van der Waals surface area contributed by atoms with Crippen LogP contribution in [0.3, 0.4) is 0 Å². The minimum atomic E-state index is -4.62. The Balaban J connectivity index is 1.48. The van der Waals surface area contributed by atoms with E-state index in [1.807, 2.05) is 47.4 Å². The number of nitrogens with one attached hydrogen (secondary N) is 1. The van der Waals surface area contributed by atoms with Gasteiger partial charge in [0.2, 0.25) is 0 Å². The van der Waals surface area contributed by atoms with Gasteiger partial charge in [-0.25, -0.2) is 4.39 Å². The largest absolute Gasteiger partial charge is 0.416 e. The number of benzene rings is 3. The summed E-state index contributed by atoms with van der Waals surface area (Å²) in [4.78, 5) is 6.17. The molecule has 0 bridgehead atoms. The van der Waals surface area contributed by atoms with Crippen molar-refractivity contribution < 1.29 is 17.6 Å². The number of hydrogen-bond donors (Lipinski definition) is 1. The third-order valence-electron chi connectivity index (χ3n) is 5.73. The van der Waals surface area contributed by atoms with Crippen molar-refractivity contribution in [2.75, 3.05) is 18.4 Å². The summed E-state index contributed by atoms with van der Waals surface area (Å²) in [6, 6.07) is 19.9. The van der Waals surface area contributed by atoms with Crippen LogP contribution in [0.4, 0.5) is 23.2 Å². The number of rotatable bonds is 9. The maximum Gasteiger partial charge on any atom is 0.416 e. The lowest BCUT2D eigenvalue weighted by Crippen LogP contribution is -2.27. The van der Waals surface area contributed by atoms with Gasteiger partial charge in [-0.05, 0) is 48.4 Å². The van der Waals surface area contributed by atoms with E-state index in [0.29, 0.717) is 31.1 Å². The van der Waals surface area contributed by atoms with Crippen LogP contribution < -0.4 is 5.32 Å². The molecule has 3 nitrogen and oxygen atoms in total. The number of pyridine rings is 1. The lowest BCUT2D eigenvalue weighted by molar-refractivity contribution is -0.138. The van der Waals surface area contributed by atoms with E-state index in [1.54, 1.807) is 18.3 Å². The predicted octanol–water partition coefficient (Wildman–Crippen LogP) is 7.55. The fourth-order valence-corrected chi connectivity index (χ4v) is 4.23. The summed E-state index contributed by atoms with van der Waals surface area (Å²) in [5, 5.41) is 4.91. The van der Waals surface area contributed by atoms with E-state index in [0.717, 1.165) is 40.4 Å². The highest BCUT2D eigenvalue weighted by molar-refractivity contribution is 6.31. The van der Waals surface area contributed by atoms with Gasteiger partial charge in [-0.2, -0.15) is 13.2 Å². The summed E-state index contributed by atoms with van der Waals surface area (Å²) < 4.78 is 55.1. The quantitative estimate of drug-likeness (QED) is 0.189. The van der Waals surface area contributed by atoms with Crippen LogP contribution in [0.2, 0.25) is 5.02 Å². The molecule has 0 fully saturated rings. The van der Waals surface area contributed by atoms with E-state index in [4.69, 9.17) is 11.6 Å². The SMILES string of the molecule is Fc1cccc(C(F)(F)F)c1CN(CCCNc1ccnc2cc(Cl)ccc12)Cc1ccccc1. The molecule has 182 valence electrons. The van der Waals surface area contributed by atoms with Gasteiger partial charge in [0.1, 0.15) is 5.82 Å². The van der Waals surface area contributed by atoms with Crippen molar-refractivity contribution in [2.45, 2.75) is 25.7 Å². The minimum absolute atomic E-state index is 0.146. The van der Waals surface area contributed by atoms with E-state index in [2.05, 4.69) is 10.3 Å². The molecule has 35 heavy (non-hydrogen) atoms. The number of hydrogen-bond acceptors (Lipinski definition) is 3. The zero-order valence-corrected chi connectivity index (χ0v) is 19.6. The van der Waals surface area contributed by atoms with Gasteiger partial charge in [-0.1, -0.05) is 48.0 Å². The fraction of sp³-hybridized carbons (Fsp3) is 0.222. The van der Waals surface area contributed by atoms with Gasteiger partial charge in [0.15, 0.2) is 0 Å². The Kier molecular flexibility index (Phi) is 7.88. The molecule has 4 aromatic rings. The Hall–Kier alpha value is -3.16. The van der Waals surface area contributed by atoms with Crippen LogP contribution in [-0.4, -0.2) is 23.0 Å². The molecule has 0 unspecified atom stereocenters. The van der Waals surface area contributed by atoms with Gasteiger partial charge < -0.3 is 5.32 Å². The molecular formula is C27H24ClF4N3. The second-order valence-electron chi connectivity index (χ2n) is 8.26. The van der Waals surface area contributed by atoms with Crippen LogP contribution in [0, 0.1) is 5.82 Å². The zero-order valence-electron chi connectivity index (χ0n) is 18.8. The molecule has 1 N–H and O–H groups in total. The second-order valence-corrected chi connectivity index (χ2v) is 8.70. The van der Waals surface area contributed by atoms with E-state index < -0.39 is 17.6 Å². The molecule has 1 heterocycles. The van der Waals surface area contributed by atoms with E-state index >= 15 is 0 Å². The van der Waals surface area contributed by atoms with Gasteiger partial charge in [-0.15, -0.1) is 0 Å². The number of nitrogens with zero attached hydrogens (tertiary/aromatic N) is 2. The van der Waals surface area contributed by atoms with Gasteiger partial charge in [0.05, 0.1) is 11.1 Å². The molecule has 0 aliphatic rings. The van der Waals surface area contributed by atoms with Crippen molar-refractivity contribution >= 4 is 28.2 Å². The van der Waals surface area contributed by atoms with Gasteiger partial charge in [0.25, 0.3) is 0 Å². The fourth-order valence-electron chi connectivity index (χ4n) is 4.07. The Morgan fingerprint density at radius 3 is 2.49 bits per heavy atom. The van der Waals surface area contributed by atoms with Crippen LogP contribution in [0.25, 0.3) is 10.9 Å². The Bertz CT molecular complexity index is 1280. The van der Waals surface area contributed by atoms with Gasteiger partial charge in [-0.3, -0.25) is 9.88 Å². The molecule has 0 aliphatic carbocycles. The summed E-state index contributed by atoms with van der Waals surface area (Å²) >= 11 is 6.05. The zero-order chi connectivity index (χ0) is 24.8. The number of halogens is 5. The number of fused-ring (bicyclic) bond motifs is 1. The third kappa shape index (κ3) is 6.50. The number of anilines is 1. The Morgan fingerprint density at radius 2 is 1.71 bits per heavy atom. The van der Waals surface area contributed by atoms with Crippen LogP contribution in [-0.2, 0) is 19.3 Å². The maximum absolute atomic E-state index is 14.5. The van der Waals surface area contributed by atoms with Gasteiger partial charge >= 0.3 is 6.18 Å². The molecule has 0 atom stereocenters. The standard InChI is InChI=1S/C27H24ClF4N3/c28-20-10-11-21-25(12-14-34-26(21)16-20)33-13-5-15-35(17-19-6-2-1-3-7-19)18-22-23(27(30,31)32)8-4-9-24(22)29/h1-4,6-12,14,16H,5,13,15,17-18H2,(H,33,34). The summed E-state index contributed by atoms with van der Waals surface area (Å²) in [5.41, 5.74) is 1.35. The van der Waals surface area contributed by atoms with E-state index in [-0.39, 0.29) is 12.1 Å². The molecule has 0 spiro atoms. The lowest BCUT2D eigenvalue weighted by Gasteiger charge is -2.25. The van der Waals surface area contributed by atoms with E-state index in [9.17, 15) is 17.6 Å². The van der Waals surface area contributed by atoms with Crippen LogP contribution in [0.1, 0.15) is 23.1 Å². The monoisotopic (exact) mass is 501 g/mol. The normalized spacial score (nSPS) is 11.8. The van der Waals surface area contributed by atoms with Crippen molar-refractivity contribution in [3.63, 3.8) is 0 Å². The molecule has 3 aromatic carbocycles. The molecule has 0 saturated carbocycles. The molecule has 1 aromatic heterocycles. The van der Waals surface area contributed by atoms with Gasteiger partial charge in [0, 0.05) is 54.0 Å². The van der Waals surface area contributed by atoms with Crippen molar-refractivity contribution in [2.24, 2.45) is 0 Å². The first-order valence-electron chi connectivity index (χ1n) is 11.2. The Morgan fingerprint density at radius 1 is 0.914 bits per heavy atom. The summed E-state index contributed by atoms with van der Waals surface area (Å²) in [5.74, 6) is -0.849. The first-order valence-corrected chi connectivity index (χ1v) is 11.6. The van der Waals surface area contributed by atoms with Crippen molar-refractivity contribution in [3.8, 4) is 0 Å². The summed E-state index contributed by atoms with van der Waals surface area (Å²) in [6.07, 6.45) is -2.29. The average Bonchev–Trinajstić information content (AvgIpc) is 2.82. The van der Waals surface area contributed by atoms with Crippen molar-refractivity contribution in [3.05, 3.63) is 107 Å². The maximum atomic E-state index is 14.5. The van der Waals surface area contributed by atoms with Crippen molar-refractivity contribution in [1.82, 2.24) is 9.88 Å². The second kappa shape index (κ2) is 11.1. The van der Waals surface area contributed by atoms with E-state index in [1.165, 1.54) is 0 Å². The highest BCUT2D eigenvalue weighted by Gasteiger charge is 2.34. The van der Waals surface area contributed by atoms with Crippen molar-refractivity contribution in [1.29, 1.82) is 0 Å². The third-order valence-corrected chi connectivity index (χ3v) is 5.96. The molecule has 0 aliphatic heterocycles. The number of aromatic nitrogens is 1. The van der Waals surface area contributed by atoms with Crippen LogP contribution in [0.5, 0.6) is 0 Å². The molecule has 4 rings (SSSR count). The highest BCUT2D eigenvalue weighted by Crippen LogP contribution is 2.34. The average molecular weight is 502 g/mol. The molecule has 0 radical (unpaired) electrons. The van der Waals surface area contributed by atoms with Crippen LogP contribution >= 0.6 is 11.6 Å². The minimum Gasteiger partial charge on any atom is -0.384 e. The van der Waals surface area contributed by atoms with Crippen LogP contribution in [0.15, 0.2) is 79.0 Å². The highest BCUT2D eigenvalue weighted by atomic mass is 35.5. The summed E-state index contributed by atoms with van der Waals surface area (Å²) in [7, 11) is 0. The first-order chi connectivity index (χ1) is 16.8.